The van der Waals surface area contributed by atoms with Crippen molar-refractivity contribution in [3.63, 3.8) is 0 Å². The van der Waals surface area contributed by atoms with Crippen molar-refractivity contribution in [2.24, 2.45) is 23.5 Å². The van der Waals surface area contributed by atoms with Crippen molar-refractivity contribution in [2.45, 2.75) is 70.8 Å². The molecular weight excluding hydrogens is 182 g/mol. The lowest BCUT2D eigenvalue weighted by Crippen LogP contribution is -2.31. The quantitative estimate of drug-likeness (QED) is 0.737. The predicted octanol–water partition coefficient (Wildman–Crippen LogP) is 3.72. The highest BCUT2D eigenvalue weighted by molar-refractivity contribution is 4.82. The van der Waals surface area contributed by atoms with E-state index in [1.54, 1.807) is 0 Å². The fourth-order valence-electron chi connectivity index (χ4n) is 3.72. The van der Waals surface area contributed by atoms with Crippen LogP contribution < -0.4 is 5.73 Å². The lowest BCUT2D eigenvalue weighted by molar-refractivity contribution is 0.153. The Bertz CT molecular complexity index is 176. The number of rotatable bonds is 2. The molecule has 0 aromatic carbocycles. The highest BCUT2D eigenvalue weighted by atomic mass is 14.6. The van der Waals surface area contributed by atoms with Gasteiger partial charge in [0.25, 0.3) is 0 Å². The average molecular weight is 209 g/mol. The van der Waals surface area contributed by atoms with E-state index in [2.05, 4.69) is 6.92 Å². The zero-order valence-corrected chi connectivity index (χ0v) is 10.3. The van der Waals surface area contributed by atoms with Crippen molar-refractivity contribution in [1.29, 1.82) is 0 Å². The molecule has 2 aliphatic rings. The van der Waals surface area contributed by atoms with Crippen molar-refractivity contribution >= 4 is 0 Å². The predicted molar refractivity (Wildman–Crippen MR) is 65.7 cm³/mol. The van der Waals surface area contributed by atoms with Gasteiger partial charge in [0.15, 0.2) is 0 Å². The summed E-state index contributed by atoms with van der Waals surface area (Å²) in [6.07, 6.45) is 12.8. The van der Waals surface area contributed by atoms with Crippen molar-refractivity contribution in [1.82, 2.24) is 0 Å². The second-order valence-electron chi connectivity index (χ2n) is 5.93. The monoisotopic (exact) mass is 209 g/mol. The van der Waals surface area contributed by atoms with Gasteiger partial charge in [-0.2, -0.15) is 0 Å². The van der Waals surface area contributed by atoms with Crippen LogP contribution in [0.5, 0.6) is 0 Å². The zero-order valence-electron chi connectivity index (χ0n) is 10.3. The first-order valence-corrected chi connectivity index (χ1v) is 7.03. The van der Waals surface area contributed by atoms with Gasteiger partial charge in [-0.05, 0) is 43.4 Å². The van der Waals surface area contributed by atoms with Crippen molar-refractivity contribution in [2.75, 3.05) is 0 Å². The van der Waals surface area contributed by atoms with Crippen LogP contribution in [0, 0.1) is 17.8 Å². The summed E-state index contributed by atoms with van der Waals surface area (Å²) in [5.74, 6) is 3.00. The van der Waals surface area contributed by atoms with Gasteiger partial charge in [0.05, 0.1) is 0 Å². The molecule has 0 aromatic heterocycles. The van der Waals surface area contributed by atoms with Crippen molar-refractivity contribution in [3.8, 4) is 0 Å². The average Bonchev–Trinajstić information content (AvgIpc) is 2.30. The van der Waals surface area contributed by atoms with Crippen LogP contribution in [-0.2, 0) is 0 Å². The normalized spacial score (nSPS) is 36.4. The van der Waals surface area contributed by atoms with E-state index in [4.69, 9.17) is 5.73 Å². The van der Waals surface area contributed by atoms with Gasteiger partial charge in [0.1, 0.15) is 0 Å². The van der Waals surface area contributed by atoms with Gasteiger partial charge in [0, 0.05) is 6.04 Å². The molecule has 0 amide bonds. The van der Waals surface area contributed by atoms with Crippen LogP contribution in [0.25, 0.3) is 0 Å². The summed E-state index contributed by atoms with van der Waals surface area (Å²) >= 11 is 0. The topological polar surface area (TPSA) is 26.0 Å². The van der Waals surface area contributed by atoms with Gasteiger partial charge in [-0.25, -0.2) is 0 Å². The lowest BCUT2D eigenvalue weighted by Gasteiger charge is -2.36. The standard InChI is InChI=1S/C14H27N/c1-11(12-5-3-2-4-6-12)13-7-9-14(15)10-8-13/h11-14H,2-10,15H2,1H3. The van der Waals surface area contributed by atoms with E-state index in [9.17, 15) is 0 Å². The Hall–Kier alpha value is -0.0400. The molecule has 0 heterocycles. The third-order valence-electron chi connectivity index (χ3n) is 4.95. The first-order chi connectivity index (χ1) is 7.27. The largest absolute Gasteiger partial charge is 0.328 e. The molecule has 1 nitrogen and oxygen atoms in total. The van der Waals surface area contributed by atoms with Gasteiger partial charge in [-0.3, -0.25) is 0 Å². The molecule has 1 atom stereocenters. The van der Waals surface area contributed by atoms with Crippen LogP contribution in [0.1, 0.15) is 64.7 Å². The maximum atomic E-state index is 5.98. The van der Waals surface area contributed by atoms with E-state index in [0.29, 0.717) is 6.04 Å². The molecule has 0 aromatic rings. The molecule has 2 fully saturated rings. The fourth-order valence-corrected chi connectivity index (χ4v) is 3.72. The number of hydrogen-bond donors (Lipinski definition) is 1. The van der Waals surface area contributed by atoms with Crippen molar-refractivity contribution < 1.29 is 0 Å². The molecule has 2 N–H and O–H groups in total. The van der Waals surface area contributed by atoms with Gasteiger partial charge in [0.2, 0.25) is 0 Å². The van der Waals surface area contributed by atoms with E-state index in [0.717, 1.165) is 17.8 Å². The Kier molecular flexibility index (Phi) is 4.07. The summed E-state index contributed by atoms with van der Waals surface area (Å²) in [6.45, 7) is 2.51. The summed E-state index contributed by atoms with van der Waals surface area (Å²) in [6, 6.07) is 0.514. The molecule has 0 aliphatic heterocycles. The zero-order chi connectivity index (χ0) is 10.7. The Morgan fingerprint density at radius 2 is 1.33 bits per heavy atom. The molecule has 0 radical (unpaired) electrons. The number of nitrogens with two attached hydrogens (primary N) is 1. The van der Waals surface area contributed by atoms with Crippen LogP contribution in [-0.4, -0.2) is 6.04 Å². The molecule has 0 bridgehead atoms. The van der Waals surface area contributed by atoms with Gasteiger partial charge in [-0.1, -0.05) is 39.0 Å². The maximum Gasteiger partial charge on any atom is 0.00390 e. The van der Waals surface area contributed by atoms with Crippen molar-refractivity contribution in [3.05, 3.63) is 0 Å². The molecule has 1 unspecified atom stereocenters. The minimum atomic E-state index is 0.514. The molecule has 88 valence electrons. The molecule has 0 saturated heterocycles. The Morgan fingerprint density at radius 3 is 1.93 bits per heavy atom. The molecule has 2 saturated carbocycles. The summed E-state index contributed by atoms with van der Waals surface area (Å²) in [5.41, 5.74) is 5.98. The second-order valence-corrected chi connectivity index (χ2v) is 5.93. The molecule has 1 heteroatoms. The molecular formula is C14H27N. The molecule has 2 aliphatic carbocycles. The minimum Gasteiger partial charge on any atom is -0.328 e. The smallest absolute Gasteiger partial charge is 0.00390 e. The summed E-state index contributed by atoms with van der Waals surface area (Å²) < 4.78 is 0. The summed E-state index contributed by atoms with van der Waals surface area (Å²) in [7, 11) is 0. The second kappa shape index (κ2) is 5.34. The van der Waals surface area contributed by atoms with Crippen LogP contribution in [0.4, 0.5) is 0 Å². The van der Waals surface area contributed by atoms with E-state index < -0.39 is 0 Å². The SMILES string of the molecule is CC(C1CCCCC1)C1CCC(N)CC1. The minimum absolute atomic E-state index is 0.514. The third kappa shape index (κ3) is 2.96. The van der Waals surface area contributed by atoms with Crippen LogP contribution in [0.2, 0.25) is 0 Å². The van der Waals surface area contributed by atoms with E-state index >= 15 is 0 Å². The van der Waals surface area contributed by atoms with Gasteiger partial charge in [-0.15, -0.1) is 0 Å². The Balaban J connectivity index is 1.81. The lowest BCUT2D eigenvalue weighted by atomic mass is 9.70. The summed E-state index contributed by atoms with van der Waals surface area (Å²) in [5, 5.41) is 0. The number of hydrogen-bond acceptors (Lipinski definition) is 1. The van der Waals surface area contributed by atoms with Crippen LogP contribution in [0.3, 0.4) is 0 Å². The Morgan fingerprint density at radius 1 is 0.800 bits per heavy atom. The molecule has 2 rings (SSSR count). The highest BCUT2D eigenvalue weighted by Gasteiger charge is 2.29. The van der Waals surface area contributed by atoms with Gasteiger partial charge < -0.3 is 5.73 Å². The highest BCUT2D eigenvalue weighted by Crippen LogP contribution is 2.39. The Labute approximate surface area is 94.8 Å². The molecule has 15 heavy (non-hydrogen) atoms. The van der Waals surface area contributed by atoms with E-state index in [1.807, 2.05) is 0 Å². The first-order valence-electron chi connectivity index (χ1n) is 7.03. The fraction of sp³-hybridized carbons (Fsp3) is 1.00. The van der Waals surface area contributed by atoms with E-state index in [1.165, 1.54) is 57.8 Å². The van der Waals surface area contributed by atoms with Gasteiger partial charge >= 0.3 is 0 Å². The van der Waals surface area contributed by atoms with Crippen LogP contribution >= 0.6 is 0 Å². The van der Waals surface area contributed by atoms with Crippen LogP contribution in [0.15, 0.2) is 0 Å². The maximum absolute atomic E-state index is 5.98. The first kappa shape index (κ1) is 11.4. The van der Waals surface area contributed by atoms with E-state index in [-0.39, 0.29) is 0 Å². The molecule has 0 spiro atoms. The summed E-state index contributed by atoms with van der Waals surface area (Å²) in [4.78, 5) is 0. The third-order valence-corrected chi connectivity index (χ3v) is 4.95.